The molecule has 3 atom stereocenters. The molecular weight excluding hydrogens is 408 g/mol. The smallest absolute Gasteiger partial charge is 0.412 e. The summed E-state index contributed by atoms with van der Waals surface area (Å²) < 4.78 is 11.9. The van der Waals surface area contributed by atoms with Crippen LogP contribution in [-0.4, -0.2) is 53.2 Å². The summed E-state index contributed by atoms with van der Waals surface area (Å²) in [5.41, 5.74) is -2.06. The Balaban J connectivity index is 3.13. The minimum absolute atomic E-state index is 0.0300. The third-order valence-corrected chi connectivity index (χ3v) is 6.15. The third kappa shape index (κ3) is 7.75. The zero-order valence-electron chi connectivity index (χ0n) is 21.9. The van der Waals surface area contributed by atoms with Crippen molar-refractivity contribution in [1.29, 1.82) is 0 Å². The van der Waals surface area contributed by atoms with E-state index in [0.717, 1.165) is 25.5 Å². The fourth-order valence-electron chi connectivity index (χ4n) is 4.10. The van der Waals surface area contributed by atoms with Gasteiger partial charge < -0.3 is 19.6 Å². The van der Waals surface area contributed by atoms with Gasteiger partial charge in [-0.05, 0) is 53.4 Å². The molecule has 32 heavy (non-hydrogen) atoms. The number of nitrogens with zero attached hydrogens (tertiary/aromatic N) is 1. The van der Waals surface area contributed by atoms with E-state index in [2.05, 4.69) is 12.2 Å². The first kappa shape index (κ1) is 28.4. The average Bonchev–Trinajstić information content (AvgIpc) is 2.90. The molecule has 0 aromatic heterocycles. The van der Waals surface area contributed by atoms with Crippen LogP contribution in [0.25, 0.3) is 0 Å². The van der Waals surface area contributed by atoms with Crippen LogP contribution < -0.4 is 5.32 Å². The molecule has 1 rings (SSSR count). The van der Waals surface area contributed by atoms with E-state index < -0.39 is 35.0 Å². The van der Waals surface area contributed by atoms with Gasteiger partial charge in [0.2, 0.25) is 5.91 Å². The summed E-state index contributed by atoms with van der Waals surface area (Å²) in [6.45, 7) is 19.4. The fraction of sp³-hybridized carbons (Fsp3) is 0.880. The van der Waals surface area contributed by atoms with Crippen LogP contribution in [-0.2, 0) is 19.1 Å². The van der Waals surface area contributed by atoms with Crippen molar-refractivity contribution in [3.63, 3.8) is 0 Å². The van der Waals surface area contributed by atoms with E-state index in [1.165, 1.54) is 0 Å². The van der Waals surface area contributed by atoms with Crippen molar-refractivity contribution < 1.29 is 23.9 Å². The number of unbranched alkanes of at least 4 members (excludes halogenated alkanes) is 1. The molecule has 7 heteroatoms. The van der Waals surface area contributed by atoms with Crippen molar-refractivity contribution in [3.8, 4) is 0 Å². The minimum atomic E-state index is -0.926. The van der Waals surface area contributed by atoms with Gasteiger partial charge in [0.25, 0.3) is 0 Å². The number of carbonyl (C=O) groups excluding carboxylic acids is 3. The number of hydrogen-bond acceptors (Lipinski definition) is 5. The number of hydrogen-bond donors (Lipinski definition) is 1. The highest BCUT2D eigenvalue weighted by atomic mass is 16.6. The van der Waals surface area contributed by atoms with E-state index in [1.54, 1.807) is 4.90 Å². The van der Waals surface area contributed by atoms with Crippen LogP contribution in [0.2, 0.25) is 0 Å². The third-order valence-electron chi connectivity index (χ3n) is 6.15. The lowest BCUT2D eigenvalue weighted by molar-refractivity contribution is -0.131. The molecule has 1 saturated heterocycles. The first-order valence-electron chi connectivity index (χ1n) is 12.0. The van der Waals surface area contributed by atoms with Crippen molar-refractivity contribution in [3.05, 3.63) is 0 Å². The van der Waals surface area contributed by atoms with Crippen molar-refractivity contribution in [2.75, 3.05) is 6.54 Å². The summed E-state index contributed by atoms with van der Waals surface area (Å²) in [4.78, 5) is 39.4. The lowest BCUT2D eigenvalue weighted by Crippen LogP contribution is -2.52. The summed E-state index contributed by atoms with van der Waals surface area (Å²) in [6.07, 6.45) is 3.31. The monoisotopic (exact) mass is 454 g/mol. The van der Waals surface area contributed by atoms with Gasteiger partial charge in [0.1, 0.15) is 17.6 Å². The molecule has 0 aromatic carbocycles. The summed E-state index contributed by atoms with van der Waals surface area (Å²) in [5, 5.41) is 3.04. The van der Waals surface area contributed by atoms with Gasteiger partial charge in [0, 0.05) is 17.9 Å². The average molecular weight is 455 g/mol. The van der Waals surface area contributed by atoms with E-state index in [1.807, 2.05) is 62.3 Å². The van der Waals surface area contributed by atoms with Crippen LogP contribution in [0.4, 0.5) is 4.79 Å². The molecular formula is C25H46N2O5. The second kappa shape index (κ2) is 11.0. The number of rotatable bonds is 10. The second-order valence-corrected chi connectivity index (χ2v) is 11.5. The van der Waals surface area contributed by atoms with Crippen LogP contribution in [0, 0.1) is 17.3 Å². The summed E-state index contributed by atoms with van der Waals surface area (Å²) in [5.74, 6) is -0.140. The lowest BCUT2D eigenvalue weighted by atomic mass is 9.86. The molecule has 0 bridgehead atoms. The number of nitrogens with one attached hydrogen (secondary N) is 1. The standard InChI is InChI=1S/C25H46N2O5/c1-11-12-13-24(7,8)21(29)26-15-20-19(14-18(16-28)17(2)3)27(25(9,10)31-20)22(30)32-23(4,5)6/h16-20H,11-15H2,1-10H3,(H,26,29)/t18-,19+,20+/m1/s1. The van der Waals surface area contributed by atoms with E-state index in [0.29, 0.717) is 6.42 Å². The molecule has 1 aliphatic rings. The largest absolute Gasteiger partial charge is 0.444 e. The molecule has 1 N–H and O–H groups in total. The predicted octanol–water partition coefficient (Wildman–Crippen LogP) is 4.92. The Labute approximate surface area is 195 Å². The van der Waals surface area contributed by atoms with Gasteiger partial charge in [-0.2, -0.15) is 0 Å². The van der Waals surface area contributed by atoms with Crippen molar-refractivity contribution in [2.24, 2.45) is 17.3 Å². The molecule has 186 valence electrons. The maximum Gasteiger partial charge on any atom is 0.412 e. The predicted molar refractivity (Wildman–Crippen MR) is 126 cm³/mol. The second-order valence-electron chi connectivity index (χ2n) is 11.5. The van der Waals surface area contributed by atoms with Crippen molar-refractivity contribution >= 4 is 18.3 Å². The first-order chi connectivity index (χ1) is 14.6. The van der Waals surface area contributed by atoms with E-state index in [9.17, 15) is 14.4 Å². The normalized spacial score (nSPS) is 22.0. The Morgan fingerprint density at radius 2 is 1.78 bits per heavy atom. The number of amides is 2. The Kier molecular flexibility index (Phi) is 9.76. The molecule has 7 nitrogen and oxygen atoms in total. The first-order valence-corrected chi connectivity index (χ1v) is 12.0. The quantitative estimate of drug-likeness (QED) is 0.474. The van der Waals surface area contributed by atoms with E-state index >= 15 is 0 Å². The van der Waals surface area contributed by atoms with E-state index in [-0.39, 0.29) is 24.3 Å². The highest BCUT2D eigenvalue weighted by Gasteiger charge is 2.52. The number of carbonyl (C=O) groups is 3. The SMILES string of the molecule is CCCCC(C)(C)C(=O)NC[C@@H]1OC(C)(C)N(C(=O)OC(C)(C)C)[C@H]1C[C@H](C=O)C(C)C. The topological polar surface area (TPSA) is 84.9 Å². The molecule has 0 unspecified atom stereocenters. The van der Waals surface area contributed by atoms with Crippen LogP contribution in [0.5, 0.6) is 0 Å². The summed E-state index contributed by atoms with van der Waals surface area (Å²) in [6, 6.07) is -0.392. The van der Waals surface area contributed by atoms with Crippen molar-refractivity contribution in [2.45, 2.75) is 118 Å². The molecule has 0 aliphatic carbocycles. The van der Waals surface area contributed by atoms with Crippen LogP contribution in [0.1, 0.15) is 94.9 Å². The van der Waals surface area contributed by atoms with Crippen LogP contribution in [0.15, 0.2) is 0 Å². The van der Waals surface area contributed by atoms with Gasteiger partial charge in [-0.15, -0.1) is 0 Å². The molecule has 0 aromatic rings. The zero-order valence-corrected chi connectivity index (χ0v) is 21.9. The molecule has 1 aliphatic heterocycles. The fourth-order valence-corrected chi connectivity index (χ4v) is 4.10. The molecule has 1 heterocycles. The molecule has 0 radical (unpaired) electrons. The van der Waals surface area contributed by atoms with Gasteiger partial charge in [-0.1, -0.05) is 47.5 Å². The Morgan fingerprint density at radius 1 is 1.19 bits per heavy atom. The Bertz CT molecular complexity index is 651. The van der Waals surface area contributed by atoms with E-state index in [4.69, 9.17) is 9.47 Å². The molecule has 2 amide bonds. The maximum absolute atomic E-state index is 13.1. The van der Waals surface area contributed by atoms with Gasteiger partial charge in [-0.3, -0.25) is 9.69 Å². The Hall–Kier alpha value is -1.63. The highest BCUT2D eigenvalue weighted by Crippen LogP contribution is 2.37. The molecule has 0 saturated carbocycles. The van der Waals surface area contributed by atoms with Gasteiger partial charge >= 0.3 is 6.09 Å². The number of aldehydes is 1. The van der Waals surface area contributed by atoms with Crippen molar-refractivity contribution in [1.82, 2.24) is 10.2 Å². The maximum atomic E-state index is 13.1. The highest BCUT2D eigenvalue weighted by molar-refractivity contribution is 5.81. The molecule has 0 spiro atoms. The van der Waals surface area contributed by atoms with Crippen LogP contribution in [0.3, 0.4) is 0 Å². The lowest BCUT2D eigenvalue weighted by Gasteiger charge is -2.36. The van der Waals surface area contributed by atoms with Gasteiger partial charge in [0.05, 0.1) is 12.1 Å². The van der Waals surface area contributed by atoms with Gasteiger partial charge in [-0.25, -0.2) is 4.79 Å². The summed E-state index contributed by atoms with van der Waals surface area (Å²) >= 11 is 0. The molecule has 1 fully saturated rings. The summed E-state index contributed by atoms with van der Waals surface area (Å²) in [7, 11) is 0. The minimum Gasteiger partial charge on any atom is -0.444 e. The van der Waals surface area contributed by atoms with Crippen LogP contribution >= 0.6 is 0 Å². The Morgan fingerprint density at radius 3 is 2.25 bits per heavy atom. The number of ether oxygens (including phenoxy) is 2. The zero-order chi connectivity index (χ0) is 24.9. The van der Waals surface area contributed by atoms with Gasteiger partial charge in [0.15, 0.2) is 0 Å².